The van der Waals surface area contributed by atoms with Crippen LogP contribution in [-0.4, -0.2) is 11.0 Å². The molecule has 0 amide bonds. The highest BCUT2D eigenvalue weighted by molar-refractivity contribution is 5.98. The van der Waals surface area contributed by atoms with Crippen molar-refractivity contribution >= 4 is 11.7 Å². The molecular weight excluding hydrogens is 202 g/mol. The summed E-state index contributed by atoms with van der Waals surface area (Å²) in [4.78, 5) is 4.21. The minimum Gasteiger partial charge on any atom is -0.383 e. The lowest BCUT2D eigenvalue weighted by Gasteiger charge is -1.98. The van der Waals surface area contributed by atoms with Gasteiger partial charge in [-0.15, -0.1) is 0 Å². The first-order valence-electron chi connectivity index (χ1n) is 5.01. The molecule has 2 aromatic rings. The van der Waals surface area contributed by atoms with Crippen LogP contribution in [0.15, 0.2) is 39.8 Å². The zero-order valence-electron chi connectivity index (χ0n) is 9.27. The van der Waals surface area contributed by atoms with E-state index in [4.69, 9.17) is 10.3 Å². The molecule has 4 nitrogen and oxygen atoms in total. The van der Waals surface area contributed by atoms with Gasteiger partial charge < -0.3 is 10.3 Å². The van der Waals surface area contributed by atoms with Gasteiger partial charge in [-0.1, -0.05) is 35.5 Å². The van der Waals surface area contributed by atoms with Crippen LogP contribution in [0.3, 0.4) is 0 Å². The molecule has 0 aliphatic rings. The molecule has 0 spiro atoms. The lowest BCUT2D eigenvalue weighted by molar-refractivity contribution is 0.425. The maximum atomic E-state index is 5.87. The standard InChI is InChI=1S/C12H13N3O/c1-8-9(2)15-16-12(8)14-11(13)10-6-4-3-5-7-10/h3-7H,1-2H3,(H2,13,14). The lowest BCUT2D eigenvalue weighted by atomic mass is 10.2. The van der Waals surface area contributed by atoms with E-state index in [1.54, 1.807) is 0 Å². The van der Waals surface area contributed by atoms with Gasteiger partial charge in [-0.2, -0.15) is 4.99 Å². The van der Waals surface area contributed by atoms with Crippen molar-refractivity contribution in [3.63, 3.8) is 0 Å². The van der Waals surface area contributed by atoms with Crippen molar-refractivity contribution < 1.29 is 4.52 Å². The van der Waals surface area contributed by atoms with E-state index < -0.39 is 0 Å². The van der Waals surface area contributed by atoms with Gasteiger partial charge in [-0.25, -0.2) is 0 Å². The summed E-state index contributed by atoms with van der Waals surface area (Å²) in [5.74, 6) is 0.902. The summed E-state index contributed by atoms with van der Waals surface area (Å²) in [5, 5.41) is 3.83. The third-order valence-electron chi connectivity index (χ3n) is 2.42. The van der Waals surface area contributed by atoms with Gasteiger partial charge in [-0.3, -0.25) is 0 Å². The zero-order valence-corrected chi connectivity index (χ0v) is 9.27. The quantitative estimate of drug-likeness (QED) is 0.617. The van der Waals surface area contributed by atoms with Gasteiger partial charge in [0.05, 0.1) is 5.69 Å². The molecule has 1 heterocycles. The van der Waals surface area contributed by atoms with Crippen molar-refractivity contribution in [1.82, 2.24) is 5.16 Å². The topological polar surface area (TPSA) is 64.4 Å². The molecule has 0 saturated carbocycles. The van der Waals surface area contributed by atoms with Crippen LogP contribution in [0, 0.1) is 13.8 Å². The smallest absolute Gasteiger partial charge is 0.255 e. The molecule has 0 radical (unpaired) electrons. The molecule has 0 fully saturated rings. The number of rotatable bonds is 2. The third-order valence-corrected chi connectivity index (χ3v) is 2.42. The second kappa shape index (κ2) is 4.18. The fourth-order valence-corrected chi connectivity index (χ4v) is 1.29. The van der Waals surface area contributed by atoms with Gasteiger partial charge in [0.2, 0.25) is 0 Å². The fraction of sp³-hybridized carbons (Fsp3) is 0.167. The van der Waals surface area contributed by atoms with Crippen molar-refractivity contribution in [1.29, 1.82) is 0 Å². The molecule has 4 heteroatoms. The second-order valence-corrected chi connectivity index (χ2v) is 3.56. The largest absolute Gasteiger partial charge is 0.383 e. The molecule has 0 atom stereocenters. The van der Waals surface area contributed by atoms with E-state index in [1.165, 1.54) is 0 Å². The van der Waals surface area contributed by atoms with Crippen LogP contribution >= 0.6 is 0 Å². The molecule has 16 heavy (non-hydrogen) atoms. The molecule has 0 unspecified atom stereocenters. The first kappa shape index (κ1) is 10.4. The Hall–Kier alpha value is -2.10. The SMILES string of the molecule is Cc1noc(/N=C(\N)c2ccccc2)c1C. The Morgan fingerprint density at radius 1 is 1.25 bits per heavy atom. The van der Waals surface area contributed by atoms with Gasteiger partial charge in [0.25, 0.3) is 5.88 Å². The van der Waals surface area contributed by atoms with E-state index >= 15 is 0 Å². The highest BCUT2D eigenvalue weighted by atomic mass is 16.5. The summed E-state index contributed by atoms with van der Waals surface area (Å²) >= 11 is 0. The fourth-order valence-electron chi connectivity index (χ4n) is 1.29. The van der Waals surface area contributed by atoms with Gasteiger partial charge >= 0.3 is 0 Å². The second-order valence-electron chi connectivity index (χ2n) is 3.56. The number of aryl methyl sites for hydroxylation is 1. The van der Waals surface area contributed by atoms with Crippen LogP contribution in [0.2, 0.25) is 0 Å². The van der Waals surface area contributed by atoms with Crippen LogP contribution < -0.4 is 5.73 Å². The van der Waals surface area contributed by atoms with E-state index in [-0.39, 0.29) is 0 Å². The number of nitrogens with zero attached hydrogens (tertiary/aromatic N) is 2. The minimum atomic E-state index is 0.430. The molecular formula is C12H13N3O. The van der Waals surface area contributed by atoms with Gasteiger partial charge in [-0.05, 0) is 13.8 Å². The molecule has 2 rings (SSSR count). The number of aliphatic imine (C=N–C) groups is 1. The number of nitrogens with two attached hydrogens (primary N) is 1. The molecule has 1 aromatic carbocycles. The van der Waals surface area contributed by atoms with E-state index in [9.17, 15) is 0 Å². The van der Waals surface area contributed by atoms with Gasteiger partial charge in [0.15, 0.2) is 0 Å². The molecule has 0 bridgehead atoms. The molecule has 0 saturated heterocycles. The monoisotopic (exact) mass is 215 g/mol. The van der Waals surface area contributed by atoms with Crippen molar-refractivity contribution in [2.75, 3.05) is 0 Å². The van der Waals surface area contributed by atoms with E-state index in [0.29, 0.717) is 11.7 Å². The number of benzene rings is 1. The van der Waals surface area contributed by atoms with E-state index in [0.717, 1.165) is 16.8 Å². The average molecular weight is 215 g/mol. The molecule has 1 aromatic heterocycles. The third kappa shape index (κ3) is 1.95. The summed E-state index contributed by atoms with van der Waals surface area (Å²) in [6.45, 7) is 3.78. The summed E-state index contributed by atoms with van der Waals surface area (Å²) in [5.41, 5.74) is 8.49. The first-order chi connectivity index (χ1) is 7.68. The van der Waals surface area contributed by atoms with Crippen molar-refractivity contribution in [2.45, 2.75) is 13.8 Å². The van der Waals surface area contributed by atoms with E-state index in [2.05, 4.69) is 10.1 Å². The van der Waals surface area contributed by atoms with Crippen LogP contribution in [0.25, 0.3) is 0 Å². The predicted octanol–water partition coefficient (Wildman–Crippen LogP) is 2.33. The van der Waals surface area contributed by atoms with E-state index in [1.807, 2.05) is 44.2 Å². The number of aromatic nitrogens is 1. The Morgan fingerprint density at radius 2 is 1.94 bits per heavy atom. The van der Waals surface area contributed by atoms with Crippen molar-refractivity contribution in [3.05, 3.63) is 47.2 Å². The maximum Gasteiger partial charge on any atom is 0.255 e. The zero-order chi connectivity index (χ0) is 11.5. The van der Waals surface area contributed by atoms with Crippen LogP contribution in [0.4, 0.5) is 5.88 Å². The van der Waals surface area contributed by atoms with Crippen LogP contribution in [-0.2, 0) is 0 Å². The molecule has 0 aliphatic carbocycles. The highest BCUT2D eigenvalue weighted by Crippen LogP contribution is 2.21. The number of hydrogen-bond acceptors (Lipinski definition) is 3. The number of amidine groups is 1. The van der Waals surface area contributed by atoms with Gasteiger partial charge in [0, 0.05) is 11.1 Å². The van der Waals surface area contributed by atoms with Gasteiger partial charge in [0.1, 0.15) is 5.84 Å². The van der Waals surface area contributed by atoms with Crippen molar-refractivity contribution in [3.8, 4) is 0 Å². The highest BCUT2D eigenvalue weighted by Gasteiger charge is 2.07. The predicted molar refractivity (Wildman–Crippen MR) is 62.8 cm³/mol. The Balaban J connectivity index is 2.35. The summed E-state index contributed by atoms with van der Waals surface area (Å²) in [6, 6.07) is 9.56. The maximum absolute atomic E-state index is 5.87. The number of hydrogen-bond donors (Lipinski definition) is 1. The molecule has 0 aliphatic heterocycles. The normalized spacial score (nSPS) is 11.8. The van der Waals surface area contributed by atoms with Crippen LogP contribution in [0.5, 0.6) is 0 Å². The summed E-state index contributed by atoms with van der Waals surface area (Å²) < 4.78 is 5.07. The lowest BCUT2D eigenvalue weighted by Crippen LogP contribution is -2.12. The Morgan fingerprint density at radius 3 is 2.50 bits per heavy atom. The summed E-state index contributed by atoms with van der Waals surface area (Å²) in [6.07, 6.45) is 0. The summed E-state index contributed by atoms with van der Waals surface area (Å²) in [7, 11) is 0. The van der Waals surface area contributed by atoms with Crippen molar-refractivity contribution in [2.24, 2.45) is 10.7 Å². The average Bonchev–Trinajstić information content (AvgIpc) is 2.62. The minimum absolute atomic E-state index is 0.430. The Bertz CT molecular complexity index is 514. The molecule has 82 valence electrons. The first-order valence-corrected chi connectivity index (χ1v) is 5.01. The molecule has 2 N–H and O–H groups in total. The van der Waals surface area contributed by atoms with Crippen LogP contribution in [0.1, 0.15) is 16.8 Å². The Kier molecular flexibility index (Phi) is 2.72. The Labute approximate surface area is 93.8 Å².